The van der Waals surface area contributed by atoms with E-state index in [1.807, 2.05) is 0 Å². The summed E-state index contributed by atoms with van der Waals surface area (Å²) in [6.07, 6.45) is 1.46. The zero-order chi connectivity index (χ0) is 19.4. The molecule has 27 heavy (non-hydrogen) atoms. The van der Waals surface area contributed by atoms with Crippen molar-refractivity contribution in [3.63, 3.8) is 0 Å². The average Bonchev–Trinajstić information content (AvgIpc) is 2.70. The third-order valence-corrected chi connectivity index (χ3v) is 5.16. The number of H-pyrrole nitrogens is 1. The number of aliphatic hydroxyl groups is 1. The van der Waals surface area contributed by atoms with Gasteiger partial charge in [0.2, 0.25) is 0 Å². The number of aliphatic hydroxyl groups excluding tert-OH is 1. The maximum Gasteiger partial charge on any atom is 0.272 e. The van der Waals surface area contributed by atoms with Gasteiger partial charge in [0, 0.05) is 37.8 Å². The van der Waals surface area contributed by atoms with E-state index in [1.54, 1.807) is 49.2 Å². The lowest BCUT2D eigenvalue weighted by molar-refractivity contribution is -0.0282. The number of carbonyl (C=O) groups excluding carboxylic acids is 1. The largest absolute Gasteiger partial charge is 0.396 e. The van der Waals surface area contributed by atoms with Gasteiger partial charge >= 0.3 is 0 Å². The second-order valence-corrected chi connectivity index (χ2v) is 7.26. The summed E-state index contributed by atoms with van der Waals surface area (Å²) in [5.41, 5.74) is 1.74. The minimum Gasteiger partial charge on any atom is -0.396 e. The first-order chi connectivity index (χ1) is 12.9. The molecule has 0 saturated carbocycles. The van der Waals surface area contributed by atoms with Crippen LogP contribution in [0.15, 0.2) is 35.1 Å². The number of nitrogens with one attached hydrogen (secondary N) is 1. The molecule has 7 heteroatoms. The quantitative estimate of drug-likeness (QED) is 0.832. The minimum atomic E-state index is -0.320. The maximum absolute atomic E-state index is 12.9. The van der Waals surface area contributed by atoms with Crippen LogP contribution in [0.25, 0.3) is 11.1 Å². The molecule has 1 fully saturated rings. The minimum absolute atomic E-state index is 0.0275. The number of aryl methyl sites for hydroxylation is 1. The summed E-state index contributed by atoms with van der Waals surface area (Å²) >= 11 is 0. The Bertz CT molecular complexity index is 872. The van der Waals surface area contributed by atoms with Gasteiger partial charge in [-0.3, -0.25) is 9.59 Å². The van der Waals surface area contributed by atoms with Crippen LogP contribution in [0.2, 0.25) is 0 Å². The molecule has 1 aromatic heterocycles. The highest BCUT2D eigenvalue weighted by Gasteiger charge is 2.34. The van der Waals surface area contributed by atoms with Crippen LogP contribution in [0.1, 0.15) is 28.9 Å². The number of ether oxygens (including phenoxy) is 1. The van der Waals surface area contributed by atoms with E-state index >= 15 is 0 Å². The number of benzene rings is 1. The highest BCUT2D eigenvalue weighted by Crippen LogP contribution is 2.31. The van der Waals surface area contributed by atoms with Crippen molar-refractivity contribution in [2.24, 2.45) is 5.41 Å². The Hall–Kier alpha value is -2.51. The van der Waals surface area contributed by atoms with Crippen molar-refractivity contribution in [3.05, 3.63) is 51.9 Å². The van der Waals surface area contributed by atoms with E-state index < -0.39 is 0 Å². The fraction of sp³-hybridized carbons (Fsp3) is 0.450. The predicted molar refractivity (Wildman–Crippen MR) is 102 cm³/mol. The molecular weight excluding hydrogens is 346 g/mol. The first-order valence-electron chi connectivity index (χ1n) is 9.05. The molecule has 1 aliphatic rings. The maximum atomic E-state index is 12.9. The van der Waals surface area contributed by atoms with Crippen LogP contribution in [0.4, 0.5) is 0 Å². The molecule has 1 amide bonds. The van der Waals surface area contributed by atoms with E-state index in [4.69, 9.17) is 4.74 Å². The molecule has 2 heterocycles. The normalized spacial score (nSPS) is 16.1. The van der Waals surface area contributed by atoms with E-state index in [0.717, 1.165) is 12.8 Å². The van der Waals surface area contributed by atoms with Crippen LogP contribution in [0.3, 0.4) is 0 Å². The molecule has 1 aliphatic heterocycles. The number of aromatic amines is 1. The Kier molecular flexibility index (Phi) is 5.72. The molecule has 0 spiro atoms. The van der Waals surface area contributed by atoms with Crippen molar-refractivity contribution in [1.29, 1.82) is 0 Å². The van der Waals surface area contributed by atoms with Gasteiger partial charge in [0.25, 0.3) is 11.5 Å². The average molecular weight is 371 g/mol. The number of amides is 1. The van der Waals surface area contributed by atoms with Crippen LogP contribution >= 0.6 is 0 Å². The fourth-order valence-corrected chi connectivity index (χ4v) is 3.51. The summed E-state index contributed by atoms with van der Waals surface area (Å²) in [4.78, 5) is 26.6. The van der Waals surface area contributed by atoms with Crippen LogP contribution in [-0.4, -0.2) is 59.5 Å². The number of hydrogen-bond acceptors (Lipinski definition) is 5. The van der Waals surface area contributed by atoms with Gasteiger partial charge in [-0.2, -0.15) is 5.10 Å². The van der Waals surface area contributed by atoms with Crippen molar-refractivity contribution in [1.82, 2.24) is 15.1 Å². The Balaban J connectivity index is 1.82. The molecule has 0 atom stereocenters. The second-order valence-electron chi connectivity index (χ2n) is 7.26. The molecule has 2 aromatic rings. The summed E-state index contributed by atoms with van der Waals surface area (Å²) in [5.74, 6) is -0.140. The van der Waals surface area contributed by atoms with Crippen molar-refractivity contribution >= 4 is 5.91 Å². The molecule has 2 N–H and O–H groups in total. The molecule has 0 radical (unpaired) electrons. The third-order valence-electron chi connectivity index (χ3n) is 5.16. The Labute approximate surface area is 158 Å². The third kappa shape index (κ3) is 4.26. The smallest absolute Gasteiger partial charge is 0.272 e. The SMILES string of the molecule is Cc1cc(-c2cccc(C(=O)N(C)CC3(CO)CCOCC3)c2)c(=O)[nH]n1. The zero-order valence-electron chi connectivity index (χ0n) is 15.7. The number of nitrogens with zero attached hydrogens (tertiary/aromatic N) is 2. The topological polar surface area (TPSA) is 95.5 Å². The van der Waals surface area contributed by atoms with Crippen molar-refractivity contribution in [3.8, 4) is 11.1 Å². The summed E-state index contributed by atoms with van der Waals surface area (Å²) in [6.45, 7) is 3.49. The molecule has 1 saturated heterocycles. The lowest BCUT2D eigenvalue weighted by atomic mass is 9.80. The van der Waals surface area contributed by atoms with Crippen molar-refractivity contribution < 1.29 is 14.6 Å². The Morgan fingerprint density at radius 2 is 2.07 bits per heavy atom. The molecule has 3 rings (SSSR count). The Morgan fingerprint density at radius 3 is 2.78 bits per heavy atom. The second kappa shape index (κ2) is 8.02. The number of aromatic nitrogens is 2. The van der Waals surface area contributed by atoms with E-state index in [-0.39, 0.29) is 23.5 Å². The van der Waals surface area contributed by atoms with Crippen molar-refractivity contribution in [2.45, 2.75) is 19.8 Å². The van der Waals surface area contributed by atoms with Gasteiger partial charge in [-0.15, -0.1) is 0 Å². The monoisotopic (exact) mass is 371 g/mol. The van der Waals surface area contributed by atoms with Gasteiger partial charge in [-0.25, -0.2) is 5.10 Å². The van der Waals surface area contributed by atoms with Crippen molar-refractivity contribution in [2.75, 3.05) is 33.4 Å². The molecule has 144 valence electrons. The number of rotatable bonds is 5. The molecule has 7 nitrogen and oxygen atoms in total. The van der Waals surface area contributed by atoms with Gasteiger partial charge in [0.15, 0.2) is 0 Å². The molecular formula is C20H25N3O4. The lowest BCUT2D eigenvalue weighted by Crippen LogP contribution is -2.44. The fourth-order valence-electron chi connectivity index (χ4n) is 3.51. The van der Waals surface area contributed by atoms with E-state index in [2.05, 4.69) is 10.2 Å². The molecule has 0 unspecified atom stereocenters. The van der Waals surface area contributed by atoms with E-state index in [0.29, 0.717) is 42.1 Å². The van der Waals surface area contributed by atoms with Gasteiger partial charge in [-0.1, -0.05) is 12.1 Å². The summed E-state index contributed by atoms with van der Waals surface area (Å²) < 4.78 is 5.39. The highest BCUT2D eigenvalue weighted by atomic mass is 16.5. The van der Waals surface area contributed by atoms with Crippen LogP contribution < -0.4 is 5.56 Å². The number of hydrogen-bond donors (Lipinski definition) is 2. The van der Waals surface area contributed by atoms with Crippen LogP contribution in [0, 0.1) is 12.3 Å². The van der Waals surface area contributed by atoms with Crippen LogP contribution in [-0.2, 0) is 4.74 Å². The lowest BCUT2D eigenvalue weighted by Gasteiger charge is -2.38. The first kappa shape index (κ1) is 19.3. The van der Waals surface area contributed by atoms with E-state index in [1.165, 1.54) is 0 Å². The first-order valence-corrected chi connectivity index (χ1v) is 9.05. The molecule has 0 aliphatic carbocycles. The van der Waals surface area contributed by atoms with Gasteiger partial charge in [0.05, 0.1) is 17.9 Å². The van der Waals surface area contributed by atoms with Gasteiger partial charge < -0.3 is 14.7 Å². The molecule has 0 bridgehead atoms. The van der Waals surface area contributed by atoms with Crippen LogP contribution in [0.5, 0.6) is 0 Å². The summed E-state index contributed by atoms with van der Waals surface area (Å²) in [7, 11) is 1.74. The summed E-state index contributed by atoms with van der Waals surface area (Å²) in [6, 6.07) is 8.73. The zero-order valence-corrected chi connectivity index (χ0v) is 15.7. The highest BCUT2D eigenvalue weighted by molar-refractivity contribution is 5.95. The predicted octanol–water partition coefficient (Wildman–Crippen LogP) is 1.61. The number of carbonyl (C=O) groups is 1. The van der Waals surface area contributed by atoms with E-state index in [9.17, 15) is 14.7 Å². The standard InChI is InChI=1S/C20H25N3O4/c1-14-10-17(18(25)22-21-14)15-4-3-5-16(11-15)19(26)23(2)12-20(13-24)6-8-27-9-7-20/h3-5,10-11,24H,6-9,12-13H2,1-2H3,(H,22,25). The molecule has 1 aromatic carbocycles. The summed E-state index contributed by atoms with van der Waals surface area (Å²) in [5, 5.41) is 16.2. The van der Waals surface area contributed by atoms with Gasteiger partial charge in [0.1, 0.15) is 0 Å². The Morgan fingerprint density at radius 1 is 1.33 bits per heavy atom. The van der Waals surface area contributed by atoms with Gasteiger partial charge in [-0.05, 0) is 43.5 Å².